The molecule has 0 aliphatic rings. The molecule has 2 aromatic heterocycles. The van der Waals surface area contributed by atoms with Crippen LogP contribution in [0.25, 0.3) is 5.65 Å². The van der Waals surface area contributed by atoms with Crippen LogP contribution in [0.2, 0.25) is 0 Å². The van der Waals surface area contributed by atoms with Crippen LogP contribution >= 0.6 is 31.9 Å². The van der Waals surface area contributed by atoms with Crippen LogP contribution in [0.15, 0.2) is 27.5 Å². The molecule has 11 heavy (non-hydrogen) atoms. The largest absolute Gasteiger partial charge is 0.219 e. The van der Waals surface area contributed by atoms with Crippen molar-refractivity contribution in [2.75, 3.05) is 0 Å². The third-order valence-electron chi connectivity index (χ3n) is 1.27. The number of fused-ring (bicyclic) bond motifs is 1. The molecule has 0 aliphatic heterocycles. The highest BCUT2D eigenvalue weighted by Gasteiger charge is 1.98. The number of aromatic nitrogens is 3. The summed E-state index contributed by atoms with van der Waals surface area (Å²) >= 11 is 6.53. The van der Waals surface area contributed by atoms with E-state index in [4.69, 9.17) is 0 Å². The Morgan fingerprint density at radius 1 is 1.27 bits per heavy atom. The second-order valence-electron chi connectivity index (χ2n) is 2.03. The van der Waals surface area contributed by atoms with Crippen molar-refractivity contribution < 1.29 is 0 Å². The van der Waals surface area contributed by atoms with Crippen LogP contribution in [0.4, 0.5) is 0 Å². The maximum Gasteiger partial charge on any atom is 0.218 e. The van der Waals surface area contributed by atoms with Gasteiger partial charge in [-0.15, -0.1) is 5.10 Å². The first-order chi connectivity index (χ1) is 5.25. The molecule has 5 heteroatoms. The maximum absolute atomic E-state index is 4.10. The molecule has 0 amide bonds. The number of hydrogen-bond acceptors (Lipinski definition) is 2. The van der Waals surface area contributed by atoms with Crippen LogP contribution in [-0.4, -0.2) is 14.6 Å². The summed E-state index contributed by atoms with van der Waals surface area (Å²) in [5, 5.41) is 4.07. The fourth-order valence-corrected chi connectivity index (χ4v) is 1.51. The standard InChI is InChI=1S/C6H3Br2N3/c7-4-1-2-5-9-6(8)10-11(5)3-4/h1-3H. The van der Waals surface area contributed by atoms with Crippen LogP contribution in [0.5, 0.6) is 0 Å². The summed E-state index contributed by atoms with van der Waals surface area (Å²) in [6.45, 7) is 0. The lowest BCUT2D eigenvalue weighted by molar-refractivity contribution is 0.941. The van der Waals surface area contributed by atoms with E-state index >= 15 is 0 Å². The molecule has 0 spiro atoms. The van der Waals surface area contributed by atoms with Gasteiger partial charge in [0.1, 0.15) is 0 Å². The summed E-state index contributed by atoms with van der Waals surface area (Å²) < 4.78 is 3.30. The van der Waals surface area contributed by atoms with Gasteiger partial charge in [-0.1, -0.05) is 0 Å². The Morgan fingerprint density at radius 3 is 2.91 bits per heavy atom. The van der Waals surface area contributed by atoms with Gasteiger partial charge in [-0.3, -0.25) is 0 Å². The highest BCUT2D eigenvalue weighted by molar-refractivity contribution is 9.10. The minimum atomic E-state index is 0.607. The predicted octanol–water partition coefficient (Wildman–Crippen LogP) is 2.25. The van der Waals surface area contributed by atoms with Gasteiger partial charge in [0.15, 0.2) is 5.65 Å². The van der Waals surface area contributed by atoms with E-state index in [-0.39, 0.29) is 0 Å². The molecule has 2 aromatic rings. The van der Waals surface area contributed by atoms with Gasteiger partial charge >= 0.3 is 0 Å². The van der Waals surface area contributed by atoms with Gasteiger partial charge in [0.25, 0.3) is 0 Å². The average molecular weight is 277 g/mol. The summed E-state index contributed by atoms with van der Waals surface area (Å²) in [7, 11) is 0. The lowest BCUT2D eigenvalue weighted by Crippen LogP contribution is -1.84. The van der Waals surface area contributed by atoms with Crippen LogP contribution < -0.4 is 0 Å². The van der Waals surface area contributed by atoms with Crippen molar-refractivity contribution in [2.24, 2.45) is 0 Å². The number of rotatable bonds is 0. The monoisotopic (exact) mass is 275 g/mol. The Kier molecular flexibility index (Phi) is 1.69. The van der Waals surface area contributed by atoms with Crippen molar-refractivity contribution in [3.63, 3.8) is 0 Å². The normalized spacial score (nSPS) is 10.7. The third kappa shape index (κ3) is 1.30. The molecule has 2 heterocycles. The van der Waals surface area contributed by atoms with Gasteiger partial charge in [-0.25, -0.2) is 9.50 Å². The van der Waals surface area contributed by atoms with E-state index in [0.29, 0.717) is 4.73 Å². The van der Waals surface area contributed by atoms with Crippen LogP contribution in [0.3, 0.4) is 0 Å². The number of nitrogens with zero attached hydrogens (tertiary/aromatic N) is 3. The molecule has 0 bridgehead atoms. The van der Waals surface area contributed by atoms with E-state index in [2.05, 4.69) is 41.9 Å². The highest BCUT2D eigenvalue weighted by Crippen LogP contribution is 2.12. The van der Waals surface area contributed by atoms with Crippen molar-refractivity contribution in [1.29, 1.82) is 0 Å². The van der Waals surface area contributed by atoms with E-state index in [9.17, 15) is 0 Å². The van der Waals surface area contributed by atoms with E-state index in [1.54, 1.807) is 4.52 Å². The van der Waals surface area contributed by atoms with E-state index < -0.39 is 0 Å². The topological polar surface area (TPSA) is 30.2 Å². The van der Waals surface area contributed by atoms with Gasteiger partial charge in [-0.05, 0) is 44.0 Å². The molecule has 56 valence electrons. The molecule has 0 unspecified atom stereocenters. The Bertz CT molecular complexity index is 396. The molecule has 0 fully saturated rings. The zero-order chi connectivity index (χ0) is 7.84. The molecule has 0 saturated heterocycles. The van der Waals surface area contributed by atoms with Gasteiger partial charge < -0.3 is 0 Å². The summed E-state index contributed by atoms with van der Waals surface area (Å²) in [6.07, 6.45) is 1.85. The van der Waals surface area contributed by atoms with Crippen LogP contribution in [-0.2, 0) is 0 Å². The fourth-order valence-electron chi connectivity index (χ4n) is 0.831. The van der Waals surface area contributed by atoms with Gasteiger partial charge in [0.05, 0.1) is 0 Å². The Morgan fingerprint density at radius 2 is 2.09 bits per heavy atom. The van der Waals surface area contributed by atoms with Gasteiger partial charge in [0, 0.05) is 10.7 Å². The molecular formula is C6H3Br2N3. The number of halogens is 2. The highest BCUT2D eigenvalue weighted by atomic mass is 79.9. The van der Waals surface area contributed by atoms with Crippen molar-refractivity contribution in [3.8, 4) is 0 Å². The third-order valence-corrected chi connectivity index (χ3v) is 2.07. The molecule has 0 radical (unpaired) electrons. The molecule has 0 saturated carbocycles. The average Bonchev–Trinajstić information content (AvgIpc) is 2.27. The Balaban J connectivity index is 2.82. The summed E-state index contributed by atoms with van der Waals surface area (Å²) in [5.41, 5.74) is 0.833. The van der Waals surface area contributed by atoms with Crippen molar-refractivity contribution in [3.05, 3.63) is 27.5 Å². The maximum atomic E-state index is 4.10. The smallest absolute Gasteiger partial charge is 0.218 e. The van der Waals surface area contributed by atoms with E-state index in [1.165, 1.54) is 0 Å². The number of pyridine rings is 1. The summed E-state index contributed by atoms with van der Waals surface area (Å²) in [5.74, 6) is 0. The zero-order valence-electron chi connectivity index (χ0n) is 5.33. The molecular weight excluding hydrogens is 274 g/mol. The first-order valence-corrected chi connectivity index (χ1v) is 4.52. The minimum Gasteiger partial charge on any atom is -0.219 e. The molecule has 0 N–H and O–H groups in total. The summed E-state index contributed by atoms with van der Waals surface area (Å²) in [6, 6.07) is 3.82. The van der Waals surface area contributed by atoms with E-state index in [0.717, 1.165) is 10.1 Å². The Labute approximate surface area is 79.7 Å². The molecule has 0 aliphatic carbocycles. The van der Waals surface area contributed by atoms with E-state index in [1.807, 2.05) is 18.3 Å². The van der Waals surface area contributed by atoms with Gasteiger partial charge in [0.2, 0.25) is 4.73 Å². The zero-order valence-corrected chi connectivity index (χ0v) is 8.50. The summed E-state index contributed by atoms with van der Waals surface area (Å²) in [4.78, 5) is 4.10. The quantitative estimate of drug-likeness (QED) is 0.739. The first-order valence-electron chi connectivity index (χ1n) is 2.93. The van der Waals surface area contributed by atoms with Crippen LogP contribution in [0, 0.1) is 0 Å². The minimum absolute atomic E-state index is 0.607. The molecule has 0 aromatic carbocycles. The van der Waals surface area contributed by atoms with Crippen molar-refractivity contribution in [2.45, 2.75) is 0 Å². The lowest BCUT2D eigenvalue weighted by Gasteiger charge is -1.89. The second-order valence-corrected chi connectivity index (χ2v) is 3.66. The van der Waals surface area contributed by atoms with Crippen molar-refractivity contribution >= 4 is 37.5 Å². The molecule has 2 rings (SSSR count). The predicted molar refractivity (Wildman–Crippen MR) is 48.4 cm³/mol. The first kappa shape index (κ1) is 7.24. The van der Waals surface area contributed by atoms with Gasteiger partial charge in [-0.2, -0.15) is 0 Å². The second kappa shape index (κ2) is 2.57. The van der Waals surface area contributed by atoms with Crippen molar-refractivity contribution in [1.82, 2.24) is 14.6 Å². The SMILES string of the molecule is Brc1ccc2nc(Br)nn2c1. The number of hydrogen-bond donors (Lipinski definition) is 0. The van der Waals surface area contributed by atoms with Crippen LogP contribution in [0.1, 0.15) is 0 Å². The lowest BCUT2D eigenvalue weighted by atomic mass is 10.5. The molecule has 0 atom stereocenters. The fraction of sp³-hybridized carbons (Fsp3) is 0. The molecule has 3 nitrogen and oxygen atoms in total. The Hall–Kier alpha value is -0.420.